The van der Waals surface area contributed by atoms with Gasteiger partial charge in [0.2, 0.25) is 0 Å². The number of amides is 1. The molecule has 1 aromatic heterocycles. The van der Waals surface area contributed by atoms with Crippen molar-refractivity contribution in [2.24, 2.45) is 5.41 Å². The van der Waals surface area contributed by atoms with E-state index >= 15 is 0 Å². The van der Waals surface area contributed by atoms with E-state index < -0.39 is 0 Å². The maximum atomic E-state index is 12.9. The van der Waals surface area contributed by atoms with Crippen LogP contribution in [-0.4, -0.2) is 61.0 Å². The minimum absolute atomic E-state index is 0.123. The number of aromatic nitrogens is 1. The number of piperidine rings is 2. The van der Waals surface area contributed by atoms with Gasteiger partial charge >= 0.3 is 0 Å². The molecule has 0 radical (unpaired) electrons. The molecule has 5 nitrogen and oxygen atoms in total. The van der Waals surface area contributed by atoms with Crippen molar-refractivity contribution in [1.29, 1.82) is 0 Å². The van der Waals surface area contributed by atoms with Gasteiger partial charge in [-0.3, -0.25) is 4.79 Å². The van der Waals surface area contributed by atoms with Crippen LogP contribution in [0.2, 0.25) is 0 Å². The molecule has 0 bridgehead atoms. The Morgan fingerprint density at radius 1 is 1.18 bits per heavy atom. The molecule has 1 atom stereocenters. The van der Waals surface area contributed by atoms with E-state index in [4.69, 9.17) is 0 Å². The molecule has 0 aliphatic carbocycles. The molecule has 1 N–H and O–H groups in total. The highest BCUT2D eigenvalue weighted by Gasteiger charge is 2.42. The molecule has 2 aromatic rings. The van der Waals surface area contributed by atoms with Crippen molar-refractivity contribution >= 4 is 11.7 Å². The fourth-order valence-electron chi connectivity index (χ4n) is 5.04. The lowest BCUT2D eigenvalue weighted by molar-refractivity contribution is 0.0224. The maximum Gasteiger partial charge on any atom is 0.254 e. The van der Waals surface area contributed by atoms with Crippen LogP contribution in [0.15, 0.2) is 48.7 Å². The molecule has 28 heavy (non-hydrogen) atoms. The van der Waals surface area contributed by atoms with Crippen LogP contribution in [0.25, 0.3) is 0 Å². The number of likely N-dealkylation sites (tertiary alicyclic amines) is 2. The number of anilines is 1. The van der Waals surface area contributed by atoms with Crippen LogP contribution in [0.5, 0.6) is 0 Å². The first-order valence-corrected chi connectivity index (χ1v) is 10.3. The van der Waals surface area contributed by atoms with Gasteiger partial charge in [0.1, 0.15) is 5.82 Å². The molecule has 4 rings (SSSR count). The van der Waals surface area contributed by atoms with Crippen LogP contribution in [0.1, 0.15) is 41.1 Å². The van der Waals surface area contributed by atoms with Crippen LogP contribution in [0.3, 0.4) is 0 Å². The predicted octanol–water partition coefficient (Wildman–Crippen LogP) is 3.47. The van der Waals surface area contributed by atoms with Crippen molar-refractivity contribution in [3.05, 3.63) is 59.8 Å². The van der Waals surface area contributed by atoms with Crippen molar-refractivity contribution in [2.45, 2.75) is 25.2 Å². The summed E-state index contributed by atoms with van der Waals surface area (Å²) in [4.78, 5) is 21.7. The van der Waals surface area contributed by atoms with Crippen LogP contribution < -0.4 is 5.32 Å². The van der Waals surface area contributed by atoms with Crippen molar-refractivity contribution < 1.29 is 4.79 Å². The smallest absolute Gasteiger partial charge is 0.254 e. The molecule has 2 aliphatic rings. The van der Waals surface area contributed by atoms with Gasteiger partial charge in [0.15, 0.2) is 0 Å². The van der Waals surface area contributed by atoms with Crippen LogP contribution in [0.4, 0.5) is 5.82 Å². The van der Waals surface area contributed by atoms with Gasteiger partial charge < -0.3 is 15.1 Å². The fourth-order valence-corrected chi connectivity index (χ4v) is 5.04. The quantitative estimate of drug-likeness (QED) is 0.889. The maximum absolute atomic E-state index is 12.9. The summed E-state index contributed by atoms with van der Waals surface area (Å²) in [5.41, 5.74) is 2.49. The van der Waals surface area contributed by atoms with E-state index in [9.17, 15) is 4.79 Å². The Bertz CT molecular complexity index is 814. The number of benzene rings is 1. The van der Waals surface area contributed by atoms with Gasteiger partial charge in [-0.05, 0) is 55.3 Å². The average molecular weight is 379 g/mol. The van der Waals surface area contributed by atoms with Crippen molar-refractivity contribution in [3.63, 3.8) is 0 Å². The zero-order valence-electron chi connectivity index (χ0n) is 16.9. The van der Waals surface area contributed by atoms with Gasteiger partial charge in [-0.15, -0.1) is 0 Å². The number of rotatable bonds is 3. The molecule has 5 heteroatoms. The summed E-state index contributed by atoms with van der Waals surface area (Å²) in [5, 5.41) is 3.01. The van der Waals surface area contributed by atoms with Gasteiger partial charge in [-0.1, -0.05) is 30.3 Å². The fraction of sp³-hybridized carbons (Fsp3) is 0.478. The highest BCUT2D eigenvalue weighted by molar-refractivity contribution is 5.94. The molecular formula is C23H30N4O. The Hall–Kier alpha value is -2.40. The SMILES string of the molecule is CNc1cc(C(=O)N2CCC3(CC2)C[C@H](c2ccccc2)CN(C)C3)ccn1. The molecule has 148 valence electrons. The number of carbonyl (C=O) groups is 1. The van der Waals surface area contributed by atoms with Gasteiger partial charge in [0.25, 0.3) is 5.91 Å². The molecule has 3 heterocycles. The third-order valence-electron chi connectivity index (χ3n) is 6.46. The normalized spacial score (nSPS) is 22.2. The Balaban J connectivity index is 1.44. The third-order valence-corrected chi connectivity index (χ3v) is 6.46. The summed E-state index contributed by atoms with van der Waals surface area (Å²) < 4.78 is 0. The Labute approximate surface area is 167 Å². The van der Waals surface area contributed by atoms with E-state index in [1.165, 1.54) is 12.0 Å². The number of carbonyl (C=O) groups excluding carboxylic acids is 1. The van der Waals surface area contributed by atoms with E-state index in [1.807, 2.05) is 24.1 Å². The van der Waals surface area contributed by atoms with Crippen molar-refractivity contribution in [3.8, 4) is 0 Å². The lowest BCUT2D eigenvalue weighted by Crippen LogP contribution is -2.51. The van der Waals surface area contributed by atoms with E-state index in [2.05, 4.69) is 52.6 Å². The Morgan fingerprint density at radius 2 is 1.93 bits per heavy atom. The number of hydrogen-bond acceptors (Lipinski definition) is 4. The van der Waals surface area contributed by atoms with Gasteiger partial charge in [0.05, 0.1) is 0 Å². The second kappa shape index (κ2) is 7.92. The topological polar surface area (TPSA) is 48.5 Å². The molecule has 2 fully saturated rings. The van der Waals surface area contributed by atoms with Crippen LogP contribution >= 0.6 is 0 Å². The first-order chi connectivity index (χ1) is 13.6. The standard InChI is InChI=1S/C23H30N4O/c1-24-21-14-19(8-11-25-21)22(28)27-12-9-23(10-13-27)15-20(16-26(2)17-23)18-6-4-3-5-7-18/h3-8,11,14,20H,9-10,12-13,15-17H2,1-2H3,(H,24,25)/t20-/m0/s1. The summed E-state index contributed by atoms with van der Waals surface area (Å²) >= 11 is 0. The summed E-state index contributed by atoms with van der Waals surface area (Å²) in [6.07, 6.45) is 5.08. The van der Waals surface area contributed by atoms with E-state index in [1.54, 1.807) is 6.20 Å². The summed E-state index contributed by atoms with van der Waals surface area (Å²) in [6.45, 7) is 3.94. The number of nitrogens with one attached hydrogen (secondary N) is 1. The Morgan fingerprint density at radius 3 is 2.64 bits per heavy atom. The van der Waals surface area contributed by atoms with E-state index in [0.717, 1.165) is 50.4 Å². The summed E-state index contributed by atoms with van der Waals surface area (Å²) in [7, 11) is 4.06. The number of hydrogen-bond donors (Lipinski definition) is 1. The summed E-state index contributed by atoms with van der Waals surface area (Å²) in [5.74, 6) is 1.44. The molecule has 1 spiro atoms. The monoisotopic (exact) mass is 378 g/mol. The second-order valence-corrected chi connectivity index (χ2v) is 8.48. The first-order valence-electron chi connectivity index (χ1n) is 10.3. The lowest BCUT2D eigenvalue weighted by Gasteiger charge is -2.49. The number of pyridine rings is 1. The highest BCUT2D eigenvalue weighted by atomic mass is 16.2. The Kier molecular flexibility index (Phi) is 5.36. The van der Waals surface area contributed by atoms with Gasteiger partial charge in [-0.2, -0.15) is 0 Å². The average Bonchev–Trinajstić information content (AvgIpc) is 2.74. The molecule has 1 amide bonds. The summed E-state index contributed by atoms with van der Waals surface area (Å²) in [6, 6.07) is 14.6. The van der Waals surface area contributed by atoms with E-state index in [-0.39, 0.29) is 5.91 Å². The largest absolute Gasteiger partial charge is 0.373 e. The zero-order chi connectivity index (χ0) is 19.6. The van der Waals surface area contributed by atoms with Crippen molar-refractivity contribution in [1.82, 2.24) is 14.8 Å². The predicted molar refractivity (Wildman–Crippen MR) is 113 cm³/mol. The number of likely N-dealkylation sites (N-methyl/N-ethyl adjacent to an activating group) is 1. The minimum Gasteiger partial charge on any atom is -0.373 e. The molecule has 2 saturated heterocycles. The highest BCUT2D eigenvalue weighted by Crippen LogP contribution is 2.44. The third kappa shape index (κ3) is 3.90. The van der Waals surface area contributed by atoms with E-state index in [0.29, 0.717) is 11.3 Å². The molecule has 0 unspecified atom stereocenters. The van der Waals surface area contributed by atoms with Gasteiger partial charge in [0, 0.05) is 45.0 Å². The lowest BCUT2D eigenvalue weighted by atomic mass is 9.68. The molecule has 0 saturated carbocycles. The van der Waals surface area contributed by atoms with Crippen molar-refractivity contribution in [2.75, 3.05) is 45.6 Å². The second-order valence-electron chi connectivity index (χ2n) is 8.48. The molecular weight excluding hydrogens is 348 g/mol. The van der Waals surface area contributed by atoms with Crippen LogP contribution in [-0.2, 0) is 0 Å². The molecule has 2 aliphatic heterocycles. The van der Waals surface area contributed by atoms with Gasteiger partial charge in [-0.25, -0.2) is 4.98 Å². The zero-order valence-corrected chi connectivity index (χ0v) is 16.9. The minimum atomic E-state index is 0.123. The number of nitrogens with zero attached hydrogens (tertiary/aromatic N) is 3. The van der Waals surface area contributed by atoms with Crippen LogP contribution in [0, 0.1) is 5.41 Å². The first kappa shape index (κ1) is 18.9. The molecule has 1 aromatic carbocycles.